The Labute approximate surface area is 180 Å². The number of nitrogens with zero attached hydrogens (tertiary/aromatic N) is 2. The van der Waals surface area contributed by atoms with Gasteiger partial charge in [-0.05, 0) is 36.2 Å². The minimum atomic E-state index is -0.200. The summed E-state index contributed by atoms with van der Waals surface area (Å²) in [4.78, 5) is 19.4. The molecule has 1 aromatic heterocycles. The van der Waals surface area contributed by atoms with Gasteiger partial charge in [-0.2, -0.15) is 0 Å². The third kappa shape index (κ3) is 5.24. The van der Waals surface area contributed by atoms with Crippen molar-refractivity contribution in [3.8, 4) is 16.3 Å². The molecule has 0 atom stereocenters. The highest BCUT2D eigenvalue weighted by atomic mass is 32.1. The van der Waals surface area contributed by atoms with Crippen LogP contribution in [0.2, 0.25) is 0 Å². The van der Waals surface area contributed by atoms with E-state index in [0.29, 0.717) is 5.69 Å². The Morgan fingerprint density at radius 1 is 1.23 bits per heavy atom. The second-order valence-electron chi connectivity index (χ2n) is 7.48. The zero-order chi connectivity index (χ0) is 20.9. The van der Waals surface area contributed by atoms with E-state index in [-0.39, 0.29) is 18.1 Å². The Hall–Kier alpha value is -2.74. The third-order valence-corrected chi connectivity index (χ3v) is 5.94. The van der Waals surface area contributed by atoms with E-state index in [1.165, 1.54) is 16.9 Å². The van der Waals surface area contributed by atoms with E-state index < -0.39 is 0 Å². The lowest BCUT2D eigenvalue weighted by molar-refractivity contribution is -0.115. The van der Waals surface area contributed by atoms with Crippen LogP contribution in [0.3, 0.4) is 0 Å². The Bertz CT molecular complexity index is 1030. The van der Waals surface area contributed by atoms with Crippen LogP contribution in [0.25, 0.3) is 10.6 Å². The molecule has 0 spiro atoms. The molecule has 3 aromatic rings. The Morgan fingerprint density at radius 3 is 2.90 bits per heavy atom. The van der Waals surface area contributed by atoms with Crippen LogP contribution in [0, 0.1) is 6.92 Å². The normalized spacial score (nSPS) is 14.6. The zero-order valence-corrected chi connectivity index (χ0v) is 17.7. The summed E-state index contributed by atoms with van der Waals surface area (Å²) in [5, 5.41) is 15.5. The number of nitrogens with one attached hydrogen (secondary N) is 1. The van der Waals surface area contributed by atoms with Crippen LogP contribution in [-0.4, -0.2) is 47.2 Å². The SMILES string of the molecule is Cc1ccc(O)c(NC(=O)Cc2csc(-c3cccc(CN4CCOCC4)c3)n2)c1. The van der Waals surface area contributed by atoms with Crippen molar-refractivity contribution in [3.05, 3.63) is 64.7 Å². The average Bonchev–Trinajstić information content (AvgIpc) is 3.20. The van der Waals surface area contributed by atoms with Crippen LogP contribution < -0.4 is 5.32 Å². The second kappa shape index (κ2) is 9.38. The monoisotopic (exact) mass is 423 g/mol. The number of carbonyl (C=O) groups excluding carboxylic acids is 1. The van der Waals surface area contributed by atoms with Gasteiger partial charge in [0.15, 0.2) is 0 Å². The van der Waals surface area contributed by atoms with Crippen molar-refractivity contribution in [1.29, 1.82) is 0 Å². The van der Waals surface area contributed by atoms with E-state index in [1.807, 2.05) is 12.3 Å². The fraction of sp³-hybridized carbons (Fsp3) is 0.304. The fourth-order valence-electron chi connectivity index (χ4n) is 3.45. The molecule has 30 heavy (non-hydrogen) atoms. The number of morpholine rings is 1. The van der Waals surface area contributed by atoms with E-state index in [9.17, 15) is 9.90 Å². The number of benzene rings is 2. The first-order valence-corrected chi connectivity index (χ1v) is 10.9. The van der Waals surface area contributed by atoms with Gasteiger partial charge in [0, 0.05) is 30.6 Å². The largest absolute Gasteiger partial charge is 0.506 e. The lowest BCUT2D eigenvalue weighted by atomic mass is 10.1. The molecule has 1 amide bonds. The molecule has 1 aliphatic rings. The lowest BCUT2D eigenvalue weighted by Gasteiger charge is -2.26. The molecule has 1 saturated heterocycles. The number of hydrogen-bond donors (Lipinski definition) is 2. The molecule has 0 aliphatic carbocycles. The highest BCUT2D eigenvalue weighted by molar-refractivity contribution is 7.13. The summed E-state index contributed by atoms with van der Waals surface area (Å²) in [5.74, 6) is -0.140. The zero-order valence-electron chi connectivity index (χ0n) is 16.9. The van der Waals surface area contributed by atoms with Crippen molar-refractivity contribution in [2.45, 2.75) is 19.9 Å². The quantitative estimate of drug-likeness (QED) is 0.590. The second-order valence-corrected chi connectivity index (χ2v) is 8.34. The summed E-state index contributed by atoms with van der Waals surface area (Å²) < 4.78 is 5.42. The van der Waals surface area contributed by atoms with Gasteiger partial charge in [-0.25, -0.2) is 4.98 Å². The van der Waals surface area contributed by atoms with Gasteiger partial charge in [0.25, 0.3) is 0 Å². The van der Waals surface area contributed by atoms with Crippen LogP contribution in [0.1, 0.15) is 16.8 Å². The van der Waals surface area contributed by atoms with Gasteiger partial charge in [-0.1, -0.05) is 24.3 Å². The Morgan fingerprint density at radius 2 is 2.07 bits per heavy atom. The molecule has 1 aliphatic heterocycles. The predicted octanol–water partition coefficient (Wildman–Crippen LogP) is 3.84. The van der Waals surface area contributed by atoms with Crippen LogP contribution >= 0.6 is 11.3 Å². The first-order valence-electron chi connectivity index (χ1n) is 10.00. The predicted molar refractivity (Wildman–Crippen MR) is 119 cm³/mol. The molecule has 0 radical (unpaired) electrons. The van der Waals surface area contributed by atoms with Crippen molar-refractivity contribution >= 4 is 22.9 Å². The smallest absolute Gasteiger partial charge is 0.230 e. The van der Waals surface area contributed by atoms with E-state index in [4.69, 9.17) is 4.74 Å². The number of aromatic nitrogens is 1. The summed E-state index contributed by atoms with van der Waals surface area (Å²) >= 11 is 1.54. The Balaban J connectivity index is 1.40. The number of rotatable bonds is 6. The molecular weight excluding hydrogens is 398 g/mol. The molecule has 4 rings (SSSR count). The minimum absolute atomic E-state index is 0.0602. The molecule has 2 heterocycles. The molecule has 0 unspecified atom stereocenters. The maximum Gasteiger partial charge on any atom is 0.230 e. The molecule has 7 heteroatoms. The van der Waals surface area contributed by atoms with Crippen molar-refractivity contribution in [3.63, 3.8) is 0 Å². The molecule has 2 aromatic carbocycles. The van der Waals surface area contributed by atoms with Crippen molar-refractivity contribution in [2.75, 3.05) is 31.6 Å². The number of thiazole rings is 1. The van der Waals surface area contributed by atoms with Crippen molar-refractivity contribution in [1.82, 2.24) is 9.88 Å². The van der Waals surface area contributed by atoms with Crippen LogP contribution in [0.5, 0.6) is 5.75 Å². The first kappa shape index (κ1) is 20.5. The molecule has 6 nitrogen and oxygen atoms in total. The maximum absolute atomic E-state index is 12.4. The van der Waals surface area contributed by atoms with Gasteiger partial charge in [0.05, 0.1) is 31.0 Å². The average molecular weight is 424 g/mol. The van der Waals surface area contributed by atoms with E-state index in [1.54, 1.807) is 18.2 Å². The van der Waals surface area contributed by atoms with Gasteiger partial charge in [-0.3, -0.25) is 9.69 Å². The molecule has 2 N–H and O–H groups in total. The molecule has 0 saturated carbocycles. The van der Waals surface area contributed by atoms with Crippen LogP contribution in [-0.2, 0) is 22.5 Å². The summed E-state index contributed by atoms with van der Waals surface area (Å²) in [6.45, 7) is 6.30. The van der Waals surface area contributed by atoms with Gasteiger partial charge in [0.2, 0.25) is 5.91 Å². The van der Waals surface area contributed by atoms with Crippen LogP contribution in [0.4, 0.5) is 5.69 Å². The first-order chi connectivity index (χ1) is 14.6. The highest BCUT2D eigenvalue weighted by Gasteiger charge is 2.13. The lowest BCUT2D eigenvalue weighted by Crippen LogP contribution is -2.35. The van der Waals surface area contributed by atoms with Gasteiger partial charge in [0.1, 0.15) is 10.8 Å². The molecule has 0 bridgehead atoms. The molecular formula is C23H25N3O3S. The number of aryl methyl sites for hydroxylation is 1. The molecule has 156 valence electrons. The third-order valence-electron chi connectivity index (χ3n) is 5.00. The number of phenolic OH excluding ortho intramolecular Hbond substituents is 1. The van der Waals surface area contributed by atoms with E-state index in [0.717, 1.165) is 54.7 Å². The maximum atomic E-state index is 12.4. The van der Waals surface area contributed by atoms with Gasteiger partial charge >= 0.3 is 0 Å². The van der Waals surface area contributed by atoms with Crippen molar-refractivity contribution in [2.24, 2.45) is 0 Å². The number of amides is 1. The Kier molecular flexibility index (Phi) is 6.42. The van der Waals surface area contributed by atoms with E-state index in [2.05, 4.69) is 39.5 Å². The van der Waals surface area contributed by atoms with E-state index >= 15 is 0 Å². The van der Waals surface area contributed by atoms with Crippen molar-refractivity contribution < 1.29 is 14.6 Å². The number of ether oxygens (including phenoxy) is 1. The minimum Gasteiger partial charge on any atom is -0.506 e. The highest BCUT2D eigenvalue weighted by Crippen LogP contribution is 2.27. The summed E-state index contributed by atoms with van der Waals surface area (Å²) in [6.07, 6.45) is 0.164. The topological polar surface area (TPSA) is 74.7 Å². The van der Waals surface area contributed by atoms with Gasteiger partial charge in [-0.15, -0.1) is 11.3 Å². The van der Waals surface area contributed by atoms with Gasteiger partial charge < -0.3 is 15.2 Å². The number of aromatic hydroxyl groups is 1. The summed E-state index contributed by atoms with van der Waals surface area (Å²) in [7, 11) is 0. The number of anilines is 1. The van der Waals surface area contributed by atoms with Crippen LogP contribution in [0.15, 0.2) is 47.8 Å². The summed E-state index contributed by atoms with van der Waals surface area (Å²) in [6, 6.07) is 13.5. The fourth-order valence-corrected chi connectivity index (χ4v) is 4.27. The standard InChI is InChI=1S/C23H25N3O3S/c1-16-5-6-21(27)20(11-16)25-22(28)13-19-15-30-23(24-19)18-4-2-3-17(12-18)14-26-7-9-29-10-8-26/h2-6,11-12,15,27H,7-10,13-14H2,1H3,(H,25,28). The number of hydrogen-bond acceptors (Lipinski definition) is 6. The molecule has 1 fully saturated rings. The number of carbonyl (C=O) groups is 1. The number of phenols is 1. The summed E-state index contributed by atoms with van der Waals surface area (Å²) in [5.41, 5.74) is 4.42.